The molecule has 3 atom stereocenters. The van der Waals surface area contributed by atoms with E-state index >= 15 is 0 Å². The first kappa shape index (κ1) is 60.2. The number of aliphatic hydroxyl groups is 1. The summed E-state index contributed by atoms with van der Waals surface area (Å²) in [5.41, 5.74) is 0. The number of phosphoric ester groups is 2. The van der Waals surface area contributed by atoms with E-state index in [0.29, 0.717) is 12.8 Å². The molecular formula is C48H74O14P2. The maximum atomic E-state index is 12.7. The maximum Gasteiger partial charge on any atom is 0.472 e. The number of carbonyl (C=O) groups is 3. The summed E-state index contributed by atoms with van der Waals surface area (Å²) < 4.78 is 47.5. The van der Waals surface area contributed by atoms with Crippen molar-refractivity contribution in [2.75, 3.05) is 26.4 Å². The van der Waals surface area contributed by atoms with E-state index in [9.17, 15) is 33.5 Å². The molecule has 0 spiro atoms. The number of hydrogen-bond donors (Lipinski definition) is 4. The quantitative estimate of drug-likeness (QED) is 0.0112. The second-order valence-electron chi connectivity index (χ2n) is 14.3. The molecule has 14 nitrogen and oxygen atoms in total. The van der Waals surface area contributed by atoms with Gasteiger partial charge >= 0.3 is 27.6 Å². The lowest BCUT2D eigenvalue weighted by Gasteiger charge is -2.20. The first-order valence-corrected chi connectivity index (χ1v) is 25.2. The van der Waals surface area contributed by atoms with Crippen molar-refractivity contribution in [3.05, 3.63) is 122 Å². The minimum atomic E-state index is -4.90. The van der Waals surface area contributed by atoms with E-state index in [1.807, 2.05) is 30.4 Å². The SMILES string of the molecule is CC/C=C\C/C=C\C/C=C\C/C=C\C/C=C\C/C=C\CCC(=O)OC[C@H](COP(=O)(O)OC[C@@H](O)COP(=O)(O)O)OC(=O)CCCC(=O)/C=C/C=C\C/C=C\C/C=C\CCCCC. The Labute approximate surface area is 381 Å². The van der Waals surface area contributed by atoms with Crippen LogP contribution < -0.4 is 0 Å². The normalized spacial score (nSPS) is 15.0. The zero-order valence-electron chi connectivity index (χ0n) is 37.8. The topological polar surface area (TPSA) is 212 Å². The Morgan fingerprint density at radius 3 is 1.56 bits per heavy atom. The molecule has 1 unspecified atom stereocenters. The summed E-state index contributed by atoms with van der Waals surface area (Å²) in [6.45, 7) is 1.23. The van der Waals surface area contributed by atoms with E-state index < -0.39 is 66.2 Å². The predicted octanol–water partition coefficient (Wildman–Crippen LogP) is 10.8. The van der Waals surface area contributed by atoms with Gasteiger partial charge in [-0.15, -0.1) is 0 Å². The molecule has 4 N–H and O–H groups in total. The molecule has 0 fully saturated rings. The van der Waals surface area contributed by atoms with E-state index in [1.54, 1.807) is 12.2 Å². The zero-order valence-corrected chi connectivity index (χ0v) is 39.6. The van der Waals surface area contributed by atoms with E-state index in [1.165, 1.54) is 25.3 Å². The molecule has 0 rings (SSSR count). The van der Waals surface area contributed by atoms with Crippen LogP contribution in [-0.2, 0) is 46.6 Å². The highest BCUT2D eigenvalue weighted by Gasteiger charge is 2.28. The molecule has 0 saturated heterocycles. The Bertz CT molecular complexity index is 1650. The van der Waals surface area contributed by atoms with Crippen LogP contribution in [0.3, 0.4) is 0 Å². The first-order chi connectivity index (χ1) is 30.8. The van der Waals surface area contributed by atoms with Gasteiger partial charge < -0.3 is 29.3 Å². The molecule has 0 aliphatic rings. The van der Waals surface area contributed by atoms with Crippen LogP contribution in [0.4, 0.5) is 0 Å². The van der Waals surface area contributed by atoms with Gasteiger partial charge in [-0.3, -0.25) is 28.0 Å². The number of allylic oxidation sites excluding steroid dienone is 20. The molecule has 360 valence electrons. The number of ether oxygens (including phenoxy) is 2. The van der Waals surface area contributed by atoms with Gasteiger partial charge in [0.05, 0.1) is 19.8 Å². The largest absolute Gasteiger partial charge is 0.472 e. The van der Waals surface area contributed by atoms with Gasteiger partial charge in [-0.2, -0.15) is 0 Å². The summed E-state index contributed by atoms with van der Waals surface area (Å²) in [7, 11) is -9.80. The molecule has 0 aliphatic heterocycles. The third kappa shape index (κ3) is 44.8. The molecule has 0 aromatic carbocycles. The van der Waals surface area contributed by atoms with Crippen LogP contribution in [0.5, 0.6) is 0 Å². The Kier molecular flexibility index (Phi) is 39.4. The average Bonchev–Trinajstić information content (AvgIpc) is 3.25. The summed E-state index contributed by atoms with van der Waals surface area (Å²) in [6.07, 6.45) is 49.3. The number of esters is 2. The van der Waals surface area contributed by atoms with Gasteiger partial charge in [-0.25, -0.2) is 9.13 Å². The van der Waals surface area contributed by atoms with Crippen molar-refractivity contribution in [1.82, 2.24) is 0 Å². The van der Waals surface area contributed by atoms with Crippen molar-refractivity contribution < 1.29 is 66.3 Å². The number of ketones is 1. The summed E-state index contributed by atoms with van der Waals surface area (Å²) in [5, 5.41) is 9.74. The fourth-order valence-corrected chi connectivity index (χ4v) is 6.13. The molecule has 0 saturated carbocycles. The van der Waals surface area contributed by atoms with Crippen molar-refractivity contribution in [2.45, 2.75) is 135 Å². The molecule has 0 heterocycles. The van der Waals surface area contributed by atoms with E-state index in [0.717, 1.165) is 51.4 Å². The minimum absolute atomic E-state index is 0.0121. The standard InChI is InChI=1S/C48H74O14P2/c1-3-5-7-9-11-13-15-17-18-19-20-21-22-24-26-28-30-32-34-38-47(51)58-42-46(43-61-64(56,57)60-41-45(50)40-59-63(53,54)55)62-48(52)39-35-37-44(49)36-33-31-29-27-25-23-16-14-12-10-8-6-4-2/h5,7,11-14,17-18,20-21,23-26,29-33,36,45-46,50H,3-4,6,8-10,15-16,19,22,27-28,34-35,37-43H2,1-2H3,(H,56,57)(H2,53,54,55)/b7-5-,13-11-,14-12-,18-17-,21-20-,25-23-,26-24-,31-29-,32-30-,36-33+/t45-,46+/m0/s1. The summed E-state index contributed by atoms with van der Waals surface area (Å²) in [6, 6.07) is 0. The van der Waals surface area contributed by atoms with Crippen LogP contribution in [0.2, 0.25) is 0 Å². The number of carbonyl (C=O) groups excluding carboxylic acids is 3. The van der Waals surface area contributed by atoms with E-state index in [2.05, 4.69) is 95.8 Å². The number of hydrogen-bond acceptors (Lipinski definition) is 11. The Morgan fingerprint density at radius 2 is 1.02 bits per heavy atom. The fraction of sp³-hybridized carbons (Fsp3) is 0.521. The number of rotatable bonds is 40. The second kappa shape index (κ2) is 41.9. The maximum absolute atomic E-state index is 12.7. The lowest BCUT2D eigenvalue weighted by Crippen LogP contribution is -2.30. The smallest absolute Gasteiger partial charge is 0.462 e. The Hall–Kier alpha value is -3.81. The van der Waals surface area contributed by atoms with Crippen molar-refractivity contribution in [3.8, 4) is 0 Å². The van der Waals surface area contributed by atoms with Crippen molar-refractivity contribution >= 4 is 33.4 Å². The van der Waals surface area contributed by atoms with Crippen molar-refractivity contribution in [1.29, 1.82) is 0 Å². The summed E-state index contributed by atoms with van der Waals surface area (Å²) in [5.74, 6) is -1.60. The molecule has 0 amide bonds. The zero-order chi connectivity index (χ0) is 47.4. The van der Waals surface area contributed by atoms with Gasteiger partial charge in [-0.1, -0.05) is 142 Å². The summed E-state index contributed by atoms with van der Waals surface area (Å²) in [4.78, 5) is 65.0. The lowest BCUT2D eigenvalue weighted by molar-refractivity contribution is -0.161. The van der Waals surface area contributed by atoms with Gasteiger partial charge in [-0.05, 0) is 83.1 Å². The highest BCUT2D eigenvalue weighted by molar-refractivity contribution is 7.47. The highest BCUT2D eigenvalue weighted by Crippen LogP contribution is 2.43. The molecule has 0 aliphatic carbocycles. The van der Waals surface area contributed by atoms with Gasteiger partial charge in [0.1, 0.15) is 12.7 Å². The molecule has 0 bridgehead atoms. The van der Waals surface area contributed by atoms with Crippen LogP contribution in [0.1, 0.15) is 123 Å². The predicted molar refractivity (Wildman–Crippen MR) is 253 cm³/mol. The van der Waals surface area contributed by atoms with Crippen LogP contribution in [-0.4, -0.2) is 76.1 Å². The minimum Gasteiger partial charge on any atom is -0.462 e. The van der Waals surface area contributed by atoms with Crippen LogP contribution in [0.15, 0.2) is 122 Å². The monoisotopic (exact) mass is 936 g/mol. The van der Waals surface area contributed by atoms with E-state index in [-0.39, 0.29) is 31.5 Å². The van der Waals surface area contributed by atoms with E-state index in [4.69, 9.17) is 23.8 Å². The van der Waals surface area contributed by atoms with Gasteiger partial charge in [0.25, 0.3) is 0 Å². The number of phosphoric acid groups is 2. The molecule has 0 radical (unpaired) electrons. The fourth-order valence-electron chi connectivity index (χ4n) is 4.97. The molecule has 0 aromatic heterocycles. The van der Waals surface area contributed by atoms with Gasteiger partial charge in [0, 0.05) is 19.3 Å². The first-order valence-electron chi connectivity index (χ1n) is 22.2. The Morgan fingerprint density at radius 1 is 0.516 bits per heavy atom. The third-order valence-corrected chi connectivity index (χ3v) is 9.75. The lowest BCUT2D eigenvalue weighted by atomic mass is 10.1. The highest BCUT2D eigenvalue weighted by atomic mass is 31.2. The van der Waals surface area contributed by atoms with Crippen LogP contribution >= 0.6 is 15.6 Å². The van der Waals surface area contributed by atoms with Crippen molar-refractivity contribution in [2.24, 2.45) is 0 Å². The van der Waals surface area contributed by atoms with Crippen LogP contribution in [0.25, 0.3) is 0 Å². The number of unbranched alkanes of at least 4 members (excludes halogenated alkanes) is 3. The molecule has 0 aromatic rings. The van der Waals surface area contributed by atoms with Crippen LogP contribution in [0, 0.1) is 0 Å². The summed E-state index contributed by atoms with van der Waals surface area (Å²) >= 11 is 0. The van der Waals surface area contributed by atoms with Crippen molar-refractivity contribution in [3.63, 3.8) is 0 Å². The average molecular weight is 937 g/mol. The van der Waals surface area contributed by atoms with Gasteiger partial charge in [0.15, 0.2) is 11.9 Å². The second-order valence-corrected chi connectivity index (χ2v) is 17.0. The molecule has 64 heavy (non-hydrogen) atoms. The Balaban J connectivity index is 4.84. The molecular weight excluding hydrogens is 862 g/mol. The number of aliphatic hydroxyl groups excluding tert-OH is 1. The third-order valence-electron chi connectivity index (χ3n) is 8.31. The van der Waals surface area contributed by atoms with Gasteiger partial charge in [0.2, 0.25) is 0 Å². The molecule has 16 heteroatoms.